The normalized spacial score (nSPS) is 28.4. The third-order valence-electron chi connectivity index (χ3n) is 4.74. The van der Waals surface area contributed by atoms with Crippen LogP contribution in [0.2, 0.25) is 0 Å². The van der Waals surface area contributed by atoms with Crippen LogP contribution in [0.3, 0.4) is 0 Å². The van der Waals surface area contributed by atoms with E-state index in [9.17, 15) is 4.39 Å². The molecule has 1 N–H and O–H groups in total. The zero-order chi connectivity index (χ0) is 14.1. The molecule has 0 amide bonds. The fourth-order valence-corrected chi connectivity index (χ4v) is 4.00. The second-order valence-electron chi connectivity index (χ2n) is 6.11. The van der Waals surface area contributed by atoms with Crippen molar-refractivity contribution in [2.24, 2.45) is 0 Å². The molecule has 20 heavy (non-hydrogen) atoms. The topological polar surface area (TPSA) is 15.3 Å². The van der Waals surface area contributed by atoms with Crippen molar-refractivity contribution < 1.29 is 4.39 Å². The van der Waals surface area contributed by atoms with E-state index in [1.165, 1.54) is 38.8 Å². The lowest BCUT2D eigenvalue weighted by molar-refractivity contribution is 0.162. The molecule has 2 fully saturated rings. The molecular weight excluding hydrogens is 319 g/mol. The SMILES string of the molecule is CC(NC1CCN2CCCC2C1)c1ccc(Br)cc1F. The molecule has 2 aliphatic heterocycles. The van der Waals surface area contributed by atoms with Crippen LogP contribution in [0.25, 0.3) is 0 Å². The van der Waals surface area contributed by atoms with Gasteiger partial charge in [0.1, 0.15) is 5.82 Å². The number of halogens is 2. The first kappa shape index (κ1) is 14.5. The van der Waals surface area contributed by atoms with Gasteiger partial charge in [-0.25, -0.2) is 4.39 Å². The Hall–Kier alpha value is -0.450. The van der Waals surface area contributed by atoms with Crippen LogP contribution in [0.15, 0.2) is 22.7 Å². The Morgan fingerprint density at radius 2 is 2.20 bits per heavy atom. The average Bonchev–Trinajstić information content (AvgIpc) is 2.85. The first-order chi connectivity index (χ1) is 9.63. The smallest absolute Gasteiger partial charge is 0.129 e. The maximum atomic E-state index is 14.0. The van der Waals surface area contributed by atoms with E-state index in [1.54, 1.807) is 6.07 Å². The van der Waals surface area contributed by atoms with Crippen molar-refractivity contribution in [1.82, 2.24) is 10.2 Å². The molecule has 110 valence electrons. The van der Waals surface area contributed by atoms with Gasteiger partial charge in [0, 0.05) is 28.2 Å². The Balaban J connectivity index is 1.62. The van der Waals surface area contributed by atoms with Crippen molar-refractivity contribution in [1.29, 1.82) is 0 Å². The van der Waals surface area contributed by atoms with Crippen LogP contribution in [0.4, 0.5) is 4.39 Å². The molecule has 2 heterocycles. The molecular formula is C16H22BrFN2. The second-order valence-corrected chi connectivity index (χ2v) is 7.02. The van der Waals surface area contributed by atoms with E-state index in [0.29, 0.717) is 6.04 Å². The lowest BCUT2D eigenvalue weighted by Gasteiger charge is -2.36. The number of nitrogens with zero attached hydrogens (tertiary/aromatic N) is 1. The van der Waals surface area contributed by atoms with Crippen LogP contribution < -0.4 is 5.32 Å². The quantitative estimate of drug-likeness (QED) is 0.898. The summed E-state index contributed by atoms with van der Waals surface area (Å²) in [5.41, 5.74) is 0.766. The highest BCUT2D eigenvalue weighted by atomic mass is 79.9. The summed E-state index contributed by atoms with van der Waals surface area (Å²) in [4.78, 5) is 2.61. The first-order valence-corrected chi connectivity index (χ1v) is 8.38. The lowest BCUT2D eigenvalue weighted by atomic mass is 9.96. The summed E-state index contributed by atoms with van der Waals surface area (Å²) in [6.45, 7) is 4.53. The maximum absolute atomic E-state index is 14.0. The molecule has 0 spiro atoms. The van der Waals surface area contributed by atoms with Crippen LogP contribution in [0.1, 0.15) is 44.2 Å². The predicted molar refractivity (Wildman–Crippen MR) is 83.3 cm³/mol. The van der Waals surface area contributed by atoms with Crippen LogP contribution >= 0.6 is 15.9 Å². The molecule has 2 nitrogen and oxygen atoms in total. The van der Waals surface area contributed by atoms with Crippen molar-refractivity contribution in [3.05, 3.63) is 34.1 Å². The van der Waals surface area contributed by atoms with Crippen LogP contribution in [-0.2, 0) is 0 Å². The minimum atomic E-state index is -0.127. The van der Waals surface area contributed by atoms with Gasteiger partial charge in [0.25, 0.3) is 0 Å². The molecule has 0 saturated carbocycles. The van der Waals surface area contributed by atoms with Crippen molar-refractivity contribution in [2.75, 3.05) is 13.1 Å². The van der Waals surface area contributed by atoms with E-state index in [1.807, 2.05) is 12.1 Å². The van der Waals surface area contributed by atoms with Gasteiger partial charge in [-0.3, -0.25) is 0 Å². The number of piperidine rings is 1. The second kappa shape index (κ2) is 6.12. The zero-order valence-corrected chi connectivity index (χ0v) is 13.5. The Morgan fingerprint density at radius 1 is 1.35 bits per heavy atom. The first-order valence-electron chi connectivity index (χ1n) is 7.58. The van der Waals surface area contributed by atoms with E-state index < -0.39 is 0 Å². The maximum Gasteiger partial charge on any atom is 0.129 e. The van der Waals surface area contributed by atoms with Crippen LogP contribution in [-0.4, -0.2) is 30.1 Å². The van der Waals surface area contributed by atoms with Crippen molar-refractivity contribution in [3.63, 3.8) is 0 Å². The number of nitrogens with one attached hydrogen (secondary N) is 1. The standard InChI is InChI=1S/C16H22BrFN2/c1-11(15-5-4-12(17)9-16(15)18)19-13-6-8-20-7-2-3-14(20)10-13/h4-5,9,11,13-14,19H,2-3,6-8,10H2,1H3. The summed E-state index contributed by atoms with van der Waals surface area (Å²) < 4.78 is 14.8. The summed E-state index contributed by atoms with van der Waals surface area (Å²) in [6, 6.07) is 6.68. The molecule has 3 atom stereocenters. The summed E-state index contributed by atoms with van der Waals surface area (Å²) in [6.07, 6.45) is 5.06. The number of hydrogen-bond acceptors (Lipinski definition) is 2. The van der Waals surface area contributed by atoms with Gasteiger partial charge in [0.15, 0.2) is 0 Å². The van der Waals surface area contributed by atoms with Crippen LogP contribution in [0.5, 0.6) is 0 Å². The summed E-state index contributed by atoms with van der Waals surface area (Å²) in [5.74, 6) is -0.127. The fraction of sp³-hybridized carbons (Fsp3) is 0.625. The highest BCUT2D eigenvalue weighted by Crippen LogP contribution is 2.29. The molecule has 3 rings (SSSR count). The summed E-state index contributed by atoms with van der Waals surface area (Å²) in [5, 5.41) is 3.63. The third-order valence-corrected chi connectivity index (χ3v) is 5.23. The summed E-state index contributed by atoms with van der Waals surface area (Å²) >= 11 is 3.31. The highest BCUT2D eigenvalue weighted by Gasteiger charge is 2.32. The fourth-order valence-electron chi connectivity index (χ4n) is 3.67. The Labute approximate surface area is 128 Å². The number of benzene rings is 1. The average molecular weight is 341 g/mol. The van der Waals surface area contributed by atoms with E-state index in [0.717, 1.165) is 16.1 Å². The Morgan fingerprint density at radius 3 is 3.00 bits per heavy atom. The molecule has 1 aromatic rings. The molecule has 0 aliphatic carbocycles. The molecule has 2 aliphatic rings. The largest absolute Gasteiger partial charge is 0.307 e. The van der Waals surface area contributed by atoms with Gasteiger partial charge in [-0.15, -0.1) is 0 Å². The van der Waals surface area contributed by atoms with Gasteiger partial charge in [0.2, 0.25) is 0 Å². The predicted octanol–water partition coefficient (Wildman–Crippen LogP) is 3.87. The minimum Gasteiger partial charge on any atom is -0.307 e. The number of hydrogen-bond donors (Lipinski definition) is 1. The molecule has 1 aromatic carbocycles. The van der Waals surface area contributed by atoms with Gasteiger partial charge in [-0.05, 0) is 57.8 Å². The van der Waals surface area contributed by atoms with Crippen molar-refractivity contribution >= 4 is 15.9 Å². The molecule has 4 heteroatoms. The van der Waals surface area contributed by atoms with Gasteiger partial charge in [0.05, 0.1) is 0 Å². The van der Waals surface area contributed by atoms with Crippen LogP contribution in [0, 0.1) is 5.82 Å². The Bertz CT molecular complexity index is 480. The summed E-state index contributed by atoms with van der Waals surface area (Å²) in [7, 11) is 0. The van der Waals surface area contributed by atoms with E-state index in [2.05, 4.69) is 33.1 Å². The molecule has 0 aromatic heterocycles. The molecule has 2 saturated heterocycles. The molecule has 0 bridgehead atoms. The highest BCUT2D eigenvalue weighted by molar-refractivity contribution is 9.10. The van der Waals surface area contributed by atoms with Gasteiger partial charge in [-0.1, -0.05) is 22.0 Å². The molecule has 3 unspecified atom stereocenters. The third kappa shape index (κ3) is 3.07. The van der Waals surface area contributed by atoms with E-state index in [4.69, 9.17) is 0 Å². The number of rotatable bonds is 3. The van der Waals surface area contributed by atoms with Crippen molar-refractivity contribution in [2.45, 2.75) is 50.7 Å². The van der Waals surface area contributed by atoms with Gasteiger partial charge < -0.3 is 10.2 Å². The minimum absolute atomic E-state index is 0.0704. The molecule has 0 radical (unpaired) electrons. The zero-order valence-electron chi connectivity index (χ0n) is 11.9. The van der Waals surface area contributed by atoms with Gasteiger partial charge in [-0.2, -0.15) is 0 Å². The van der Waals surface area contributed by atoms with Crippen molar-refractivity contribution in [3.8, 4) is 0 Å². The lowest BCUT2D eigenvalue weighted by Crippen LogP contribution is -2.46. The van der Waals surface area contributed by atoms with E-state index >= 15 is 0 Å². The monoisotopic (exact) mass is 340 g/mol. The van der Waals surface area contributed by atoms with E-state index in [-0.39, 0.29) is 11.9 Å². The Kier molecular flexibility index (Phi) is 4.43. The van der Waals surface area contributed by atoms with Gasteiger partial charge >= 0.3 is 0 Å². The number of fused-ring (bicyclic) bond motifs is 1.